The van der Waals surface area contributed by atoms with Crippen molar-refractivity contribution in [3.8, 4) is 5.69 Å². The monoisotopic (exact) mass is 415 g/mol. The van der Waals surface area contributed by atoms with Gasteiger partial charge in [0.15, 0.2) is 0 Å². The van der Waals surface area contributed by atoms with Crippen LogP contribution in [0.1, 0.15) is 39.4 Å². The Balaban J connectivity index is 1.66. The molecule has 2 heterocycles. The van der Waals surface area contributed by atoms with E-state index in [4.69, 9.17) is 0 Å². The molecule has 2 N–H and O–H groups in total. The maximum Gasteiger partial charge on any atom is 0.255 e. The number of aryl methyl sites for hydroxylation is 3. The second-order valence-electron chi connectivity index (χ2n) is 6.31. The first-order valence-corrected chi connectivity index (χ1v) is 9.36. The number of benzene rings is 1. The minimum absolute atomic E-state index is 0.0766. The van der Waals surface area contributed by atoms with E-state index in [1.54, 1.807) is 0 Å². The molecule has 0 radical (unpaired) electrons. The molecule has 3 aromatic rings. The normalized spacial score (nSPS) is 10.9. The van der Waals surface area contributed by atoms with Gasteiger partial charge in [0.05, 0.1) is 28.8 Å². The molecule has 7 heteroatoms. The van der Waals surface area contributed by atoms with Gasteiger partial charge in [0.25, 0.3) is 5.91 Å². The Kier molecular flexibility index (Phi) is 5.56. The van der Waals surface area contributed by atoms with Gasteiger partial charge in [-0.25, -0.2) is 4.68 Å². The van der Waals surface area contributed by atoms with Crippen LogP contribution in [0.3, 0.4) is 0 Å². The van der Waals surface area contributed by atoms with Crippen LogP contribution in [-0.2, 0) is 6.42 Å². The van der Waals surface area contributed by atoms with Gasteiger partial charge < -0.3 is 5.32 Å². The van der Waals surface area contributed by atoms with Gasteiger partial charge >= 0.3 is 0 Å². The van der Waals surface area contributed by atoms with Crippen LogP contribution >= 0.6 is 15.9 Å². The molecule has 136 valence electrons. The summed E-state index contributed by atoms with van der Waals surface area (Å²) in [4.78, 5) is 12.6. The van der Waals surface area contributed by atoms with Crippen molar-refractivity contribution in [2.75, 3.05) is 6.54 Å². The van der Waals surface area contributed by atoms with E-state index in [1.807, 2.05) is 55.9 Å². The fraction of sp³-hybridized carbons (Fsp3) is 0.316. The third-order valence-corrected chi connectivity index (χ3v) is 4.96. The number of carbonyl (C=O) groups excluding carboxylic acids is 1. The minimum Gasteiger partial charge on any atom is -0.352 e. The second-order valence-corrected chi connectivity index (χ2v) is 7.23. The minimum atomic E-state index is -0.0766. The lowest BCUT2D eigenvalue weighted by atomic mass is 10.1. The molecule has 6 nitrogen and oxygen atoms in total. The van der Waals surface area contributed by atoms with E-state index in [0.29, 0.717) is 12.1 Å². The van der Waals surface area contributed by atoms with Crippen LogP contribution < -0.4 is 5.32 Å². The topological polar surface area (TPSA) is 75.6 Å². The SMILES string of the molecule is Cc1nn(-c2ccc(Br)cc2)c(C)c1C(=O)NCCCc1cn[nH]c1C. The van der Waals surface area contributed by atoms with Crippen LogP contribution in [0.25, 0.3) is 5.69 Å². The van der Waals surface area contributed by atoms with E-state index in [2.05, 4.69) is 36.5 Å². The number of aromatic nitrogens is 4. The molecular weight excluding hydrogens is 394 g/mol. The standard InChI is InChI=1S/C19H22BrN5O/c1-12-15(11-22-23-12)5-4-10-21-19(26)18-13(2)24-25(14(18)3)17-8-6-16(20)7-9-17/h6-9,11H,4-5,10H2,1-3H3,(H,21,26)(H,22,23). The zero-order valence-electron chi connectivity index (χ0n) is 15.1. The van der Waals surface area contributed by atoms with Crippen LogP contribution in [-0.4, -0.2) is 32.4 Å². The summed E-state index contributed by atoms with van der Waals surface area (Å²) >= 11 is 3.43. The summed E-state index contributed by atoms with van der Waals surface area (Å²) in [6.07, 6.45) is 3.59. The molecule has 0 atom stereocenters. The third kappa shape index (κ3) is 3.88. The quantitative estimate of drug-likeness (QED) is 0.603. The molecule has 0 spiro atoms. The van der Waals surface area contributed by atoms with Crippen LogP contribution in [0.15, 0.2) is 34.9 Å². The van der Waals surface area contributed by atoms with Crippen molar-refractivity contribution in [3.05, 3.63) is 63.1 Å². The highest BCUT2D eigenvalue weighted by Crippen LogP contribution is 2.19. The van der Waals surface area contributed by atoms with Gasteiger partial charge in [0.2, 0.25) is 0 Å². The van der Waals surface area contributed by atoms with E-state index in [0.717, 1.165) is 40.1 Å². The summed E-state index contributed by atoms with van der Waals surface area (Å²) in [6, 6.07) is 7.86. The van der Waals surface area contributed by atoms with Gasteiger partial charge in [-0.15, -0.1) is 0 Å². The predicted molar refractivity (Wildman–Crippen MR) is 105 cm³/mol. The molecule has 1 aromatic carbocycles. The lowest BCUT2D eigenvalue weighted by Gasteiger charge is -2.07. The molecule has 0 aliphatic carbocycles. The maximum absolute atomic E-state index is 12.6. The zero-order valence-corrected chi connectivity index (χ0v) is 16.7. The van der Waals surface area contributed by atoms with Crippen LogP contribution in [0.4, 0.5) is 0 Å². The largest absolute Gasteiger partial charge is 0.352 e. The molecule has 26 heavy (non-hydrogen) atoms. The molecule has 3 rings (SSSR count). The molecule has 0 unspecified atom stereocenters. The number of nitrogens with zero attached hydrogens (tertiary/aromatic N) is 3. The smallest absolute Gasteiger partial charge is 0.255 e. The Hall–Kier alpha value is -2.41. The van der Waals surface area contributed by atoms with E-state index in [-0.39, 0.29) is 5.91 Å². The average molecular weight is 416 g/mol. The Morgan fingerprint density at radius 2 is 1.96 bits per heavy atom. The van der Waals surface area contributed by atoms with Gasteiger partial charge in [-0.3, -0.25) is 9.89 Å². The Morgan fingerprint density at radius 3 is 2.62 bits per heavy atom. The Labute approximate surface area is 161 Å². The fourth-order valence-electron chi connectivity index (χ4n) is 3.00. The Morgan fingerprint density at radius 1 is 1.23 bits per heavy atom. The van der Waals surface area contributed by atoms with Crippen LogP contribution in [0.2, 0.25) is 0 Å². The lowest BCUT2D eigenvalue weighted by Crippen LogP contribution is -2.26. The highest BCUT2D eigenvalue weighted by atomic mass is 79.9. The first-order chi connectivity index (χ1) is 12.5. The van der Waals surface area contributed by atoms with Crippen molar-refractivity contribution in [1.82, 2.24) is 25.3 Å². The highest BCUT2D eigenvalue weighted by molar-refractivity contribution is 9.10. The maximum atomic E-state index is 12.6. The number of carbonyl (C=O) groups is 1. The molecule has 0 saturated heterocycles. The predicted octanol–water partition coefficient (Wildman–Crippen LogP) is 3.65. The molecular formula is C19H22BrN5O. The molecule has 0 aliphatic heterocycles. The van der Waals surface area contributed by atoms with E-state index >= 15 is 0 Å². The van der Waals surface area contributed by atoms with Gasteiger partial charge in [-0.05, 0) is 63.4 Å². The second kappa shape index (κ2) is 7.86. The molecule has 1 amide bonds. The lowest BCUT2D eigenvalue weighted by molar-refractivity contribution is 0.0952. The highest BCUT2D eigenvalue weighted by Gasteiger charge is 2.19. The van der Waals surface area contributed by atoms with Gasteiger partial charge in [-0.1, -0.05) is 15.9 Å². The number of H-pyrrole nitrogens is 1. The number of hydrogen-bond acceptors (Lipinski definition) is 3. The molecule has 0 bridgehead atoms. The van der Waals surface area contributed by atoms with E-state index in [9.17, 15) is 4.79 Å². The van der Waals surface area contributed by atoms with Gasteiger partial charge in [-0.2, -0.15) is 10.2 Å². The summed E-state index contributed by atoms with van der Waals surface area (Å²) in [5.41, 5.74) is 5.42. The summed E-state index contributed by atoms with van der Waals surface area (Å²) in [7, 11) is 0. The Bertz CT molecular complexity index is 911. The first kappa shape index (κ1) is 18.4. The summed E-state index contributed by atoms with van der Waals surface area (Å²) in [6.45, 7) is 6.41. The number of amides is 1. The van der Waals surface area contributed by atoms with Crippen molar-refractivity contribution < 1.29 is 4.79 Å². The van der Waals surface area contributed by atoms with Gasteiger partial charge in [0, 0.05) is 16.7 Å². The van der Waals surface area contributed by atoms with E-state index in [1.165, 1.54) is 5.56 Å². The molecule has 2 aromatic heterocycles. The van der Waals surface area contributed by atoms with Crippen LogP contribution in [0.5, 0.6) is 0 Å². The average Bonchev–Trinajstić information content (AvgIpc) is 3.15. The first-order valence-electron chi connectivity index (χ1n) is 8.56. The summed E-state index contributed by atoms with van der Waals surface area (Å²) in [5.74, 6) is -0.0766. The van der Waals surface area contributed by atoms with Crippen molar-refractivity contribution in [3.63, 3.8) is 0 Å². The summed E-state index contributed by atoms with van der Waals surface area (Å²) < 4.78 is 2.82. The number of aromatic amines is 1. The molecule has 0 aliphatic rings. The van der Waals surface area contributed by atoms with Crippen LogP contribution in [0, 0.1) is 20.8 Å². The number of hydrogen-bond donors (Lipinski definition) is 2. The van der Waals surface area contributed by atoms with Gasteiger partial charge in [0.1, 0.15) is 0 Å². The van der Waals surface area contributed by atoms with E-state index < -0.39 is 0 Å². The zero-order chi connectivity index (χ0) is 18.7. The number of nitrogens with one attached hydrogen (secondary N) is 2. The summed E-state index contributed by atoms with van der Waals surface area (Å²) in [5, 5.41) is 14.5. The third-order valence-electron chi connectivity index (χ3n) is 4.43. The number of halogens is 1. The molecule has 0 fully saturated rings. The number of rotatable bonds is 6. The van der Waals surface area contributed by atoms with Crippen molar-refractivity contribution in [1.29, 1.82) is 0 Å². The van der Waals surface area contributed by atoms with Crippen molar-refractivity contribution in [2.24, 2.45) is 0 Å². The fourth-order valence-corrected chi connectivity index (χ4v) is 3.27. The molecule has 0 saturated carbocycles. The van der Waals surface area contributed by atoms with Crippen molar-refractivity contribution in [2.45, 2.75) is 33.6 Å². The van der Waals surface area contributed by atoms with Crippen molar-refractivity contribution >= 4 is 21.8 Å².